The molecule has 7 nitrogen and oxygen atoms in total. The van der Waals surface area contributed by atoms with E-state index in [-0.39, 0.29) is 11.7 Å². The summed E-state index contributed by atoms with van der Waals surface area (Å²) in [6, 6.07) is 7.69. The molecule has 8 heteroatoms. The fraction of sp³-hybridized carbons (Fsp3) is 0.412. The van der Waals surface area contributed by atoms with Crippen molar-refractivity contribution in [1.82, 2.24) is 4.90 Å². The Balaban J connectivity index is 1.81. The first kappa shape index (κ1) is 17.4. The summed E-state index contributed by atoms with van der Waals surface area (Å²) in [4.78, 5) is 12.6. The molecule has 1 saturated heterocycles. The Hall–Kier alpha value is -2.45. The molecule has 1 aromatic carbocycles. The highest BCUT2D eigenvalue weighted by Gasteiger charge is 2.27. The monoisotopic (exact) mass is 349 g/mol. The maximum atomic E-state index is 13.8. The Labute approximate surface area is 144 Å². The minimum absolute atomic E-state index is 0.125. The van der Waals surface area contributed by atoms with Gasteiger partial charge >= 0.3 is 5.69 Å². The topological polar surface area (TPSA) is 80.8 Å². The Kier molecular flexibility index (Phi) is 5.30. The molecule has 1 fully saturated rings. The van der Waals surface area contributed by atoms with Crippen molar-refractivity contribution in [3.63, 3.8) is 0 Å². The lowest BCUT2D eigenvalue weighted by Gasteiger charge is -2.33. The molecular weight excluding hydrogens is 329 g/mol. The number of nitro benzene ring substituents is 1. The van der Waals surface area contributed by atoms with E-state index in [9.17, 15) is 14.5 Å². The zero-order valence-electron chi connectivity index (χ0n) is 13.9. The van der Waals surface area contributed by atoms with Crippen LogP contribution in [0.2, 0.25) is 0 Å². The van der Waals surface area contributed by atoms with Gasteiger partial charge in [-0.05, 0) is 31.2 Å². The number of para-hydroxylation sites is 1. The highest BCUT2D eigenvalue weighted by molar-refractivity contribution is 5.62. The number of nitrogens with zero attached hydrogens (tertiary/aromatic N) is 2. The molecule has 0 aliphatic carbocycles. The summed E-state index contributed by atoms with van der Waals surface area (Å²) in [6.45, 7) is 4.93. The standard InChI is InChI=1S/C17H20FN3O4/c1-12-5-6-16(25-12)15(20-7-9-24-10-8-20)11-19-14-4-2-3-13(18)17(14)21(22)23/h2-6,15,19H,7-11H2,1H3. The lowest BCUT2D eigenvalue weighted by atomic mass is 10.1. The third kappa shape index (κ3) is 3.97. The van der Waals surface area contributed by atoms with Gasteiger partial charge in [0.25, 0.3) is 0 Å². The molecule has 0 spiro atoms. The quantitative estimate of drug-likeness (QED) is 0.637. The minimum Gasteiger partial charge on any atom is -0.465 e. The molecule has 1 aliphatic heterocycles. The van der Waals surface area contributed by atoms with E-state index in [1.54, 1.807) is 0 Å². The van der Waals surface area contributed by atoms with Gasteiger partial charge in [0.15, 0.2) is 0 Å². The van der Waals surface area contributed by atoms with E-state index < -0.39 is 16.4 Å². The summed E-state index contributed by atoms with van der Waals surface area (Å²) in [5.74, 6) is 0.711. The third-order valence-corrected chi connectivity index (χ3v) is 4.23. The molecule has 2 aromatic rings. The van der Waals surface area contributed by atoms with Crippen LogP contribution < -0.4 is 5.32 Å². The number of benzene rings is 1. The van der Waals surface area contributed by atoms with Crippen LogP contribution in [0, 0.1) is 22.9 Å². The molecule has 0 bridgehead atoms. The van der Waals surface area contributed by atoms with E-state index in [0.717, 1.165) is 30.7 Å². The largest absolute Gasteiger partial charge is 0.465 e. The zero-order valence-corrected chi connectivity index (χ0v) is 13.9. The van der Waals surface area contributed by atoms with Gasteiger partial charge in [0.1, 0.15) is 17.2 Å². The van der Waals surface area contributed by atoms with E-state index in [1.807, 2.05) is 19.1 Å². The van der Waals surface area contributed by atoms with Crippen LogP contribution in [-0.2, 0) is 4.74 Å². The number of hydrogen-bond donors (Lipinski definition) is 1. The number of anilines is 1. The van der Waals surface area contributed by atoms with E-state index >= 15 is 0 Å². The predicted molar refractivity (Wildman–Crippen MR) is 90.1 cm³/mol. The Morgan fingerprint density at radius 3 is 2.72 bits per heavy atom. The van der Waals surface area contributed by atoms with Crippen molar-refractivity contribution in [2.75, 3.05) is 38.2 Å². The smallest absolute Gasteiger partial charge is 0.327 e. The number of nitrogens with one attached hydrogen (secondary N) is 1. The summed E-state index contributed by atoms with van der Waals surface area (Å²) in [7, 11) is 0. The van der Waals surface area contributed by atoms with Crippen LogP contribution in [-0.4, -0.2) is 42.7 Å². The molecule has 2 heterocycles. The maximum absolute atomic E-state index is 13.8. The first-order chi connectivity index (χ1) is 12.1. The van der Waals surface area contributed by atoms with Gasteiger partial charge in [-0.3, -0.25) is 15.0 Å². The number of furan rings is 1. The van der Waals surface area contributed by atoms with E-state index in [4.69, 9.17) is 9.15 Å². The predicted octanol–water partition coefficient (Wildman–Crippen LogP) is 3.12. The highest BCUT2D eigenvalue weighted by Crippen LogP contribution is 2.29. The number of morpholine rings is 1. The first-order valence-electron chi connectivity index (χ1n) is 8.11. The van der Waals surface area contributed by atoms with Crippen LogP contribution in [0.15, 0.2) is 34.7 Å². The Bertz CT molecular complexity index is 743. The van der Waals surface area contributed by atoms with Crippen molar-refractivity contribution in [3.8, 4) is 0 Å². The number of rotatable bonds is 6. The summed E-state index contributed by atoms with van der Waals surface area (Å²) >= 11 is 0. The van der Waals surface area contributed by atoms with Crippen LogP contribution in [0.3, 0.4) is 0 Å². The van der Waals surface area contributed by atoms with Crippen LogP contribution in [0.25, 0.3) is 0 Å². The molecule has 134 valence electrons. The van der Waals surface area contributed by atoms with Crippen LogP contribution >= 0.6 is 0 Å². The summed E-state index contributed by atoms with van der Waals surface area (Å²) in [5.41, 5.74) is -0.384. The first-order valence-corrected chi connectivity index (χ1v) is 8.11. The third-order valence-electron chi connectivity index (χ3n) is 4.23. The average Bonchev–Trinajstić information content (AvgIpc) is 3.02. The summed E-state index contributed by atoms with van der Waals surface area (Å²) < 4.78 is 24.9. The molecule has 1 aliphatic rings. The Morgan fingerprint density at radius 1 is 1.32 bits per heavy atom. The van der Waals surface area contributed by atoms with Crippen LogP contribution in [0.4, 0.5) is 15.8 Å². The van der Waals surface area contributed by atoms with Gasteiger partial charge in [-0.15, -0.1) is 0 Å². The molecule has 0 amide bonds. The molecule has 0 radical (unpaired) electrons. The van der Waals surface area contributed by atoms with Crippen molar-refractivity contribution in [3.05, 3.63) is 57.8 Å². The van der Waals surface area contributed by atoms with Gasteiger partial charge < -0.3 is 14.5 Å². The second-order valence-electron chi connectivity index (χ2n) is 5.89. The number of halogens is 1. The van der Waals surface area contributed by atoms with Crippen molar-refractivity contribution in [2.24, 2.45) is 0 Å². The molecule has 3 rings (SSSR count). The Morgan fingerprint density at radius 2 is 2.08 bits per heavy atom. The molecule has 1 atom stereocenters. The van der Waals surface area contributed by atoms with E-state index in [1.165, 1.54) is 12.1 Å². The van der Waals surface area contributed by atoms with Gasteiger partial charge in [-0.25, -0.2) is 0 Å². The molecular formula is C17H20FN3O4. The minimum atomic E-state index is -0.855. The molecule has 1 N–H and O–H groups in total. The van der Waals surface area contributed by atoms with Crippen molar-refractivity contribution in [2.45, 2.75) is 13.0 Å². The normalized spacial score (nSPS) is 16.6. The SMILES string of the molecule is Cc1ccc(C(CNc2cccc(F)c2[N+](=O)[O-])N2CCOCC2)o1. The molecule has 1 unspecified atom stereocenters. The highest BCUT2D eigenvalue weighted by atomic mass is 19.1. The van der Waals surface area contributed by atoms with Crippen LogP contribution in [0.1, 0.15) is 17.6 Å². The number of nitro groups is 1. The summed E-state index contributed by atoms with van der Waals surface area (Å²) in [6.07, 6.45) is 0. The number of ether oxygens (including phenoxy) is 1. The average molecular weight is 349 g/mol. The number of hydrogen-bond acceptors (Lipinski definition) is 6. The van der Waals surface area contributed by atoms with Crippen LogP contribution in [0.5, 0.6) is 0 Å². The molecule has 25 heavy (non-hydrogen) atoms. The van der Waals surface area contributed by atoms with E-state index in [2.05, 4.69) is 10.2 Å². The van der Waals surface area contributed by atoms with Crippen molar-refractivity contribution < 1.29 is 18.5 Å². The van der Waals surface area contributed by atoms with Gasteiger partial charge in [-0.1, -0.05) is 6.07 Å². The van der Waals surface area contributed by atoms with Crippen molar-refractivity contribution in [1.29, 1.82) is 0 Å². The second-order valence-corrected chi connectivity index (χ2v) is 5.89. The van der Waals surface area contributed by atoms with Gasteiger partial charge in [-0.2, -0.15) is 4.39 Å². The maximum Gasteiger partial charge on any atom is 0.327 e. The fourth-order valence-electron chi connectivity index (χ4n) is 2.98. The molecule has 1 aromatic heterocycles. The lowest BCUT2D eigenvalue weighted by Crippen LogP contribution is -2.41. The van der Waals surface area contributed by atoms with E-state index in [0.29, 0.717) is 19.8 Å². The summed E-state index contributed by atoms with van der Waals surface area (Å²) in [5, 5.41) is 14.2. The number of aryl methyl sites for hydroxylation is 1. The lowest BCUT2D eigenvalue weighted by molar-refractivity contribution is -0.386. The van der Waals surface area contributed by atoms with Crippen molar-refractivity contribution >= 4 is 11.4 Å². The zero-order chi connectivity index (χ0) is 17.8. The van der Waals surface area contributed by atoms with Gasteiger partial charge in [0.05, 0.1) is 24.2 Å². The van der Waals surface area contributed by atoms with Gasteiger partial charge in [0, 0.05) is 19.6 Å². The fourth-order valence-corrected chi connectivity index (χ4v) is 2.98. The second kappa shape index (κ2) is 7.62. The molecule has 0 saturated carbocycles. The van der Waals surface area contributed by atoms with Gasteiger partial charge in [0.2, 0.25) is 5.82 Å².